The molecule has 3 saturated carbocycles. The number of hydrogen-bond donors (Lipinski definition) is 0. The number of likely N-dealkylation sites (tertiary alicyclic amines) is 1. The maximum Gasteiger partial charge on any atom is 0.0144 e. The van der Waals surface area contributed by atoms with E-state index >= 15 is 0 Å². The van der Waals surface area contributed by atoms with Crippen LogP contribution in [0.1, 0.15) is 224 Å². The van der Waals surface area contributed by atoms with Crippen LogP contribution in [0.4, 0.5) is 0 Å². The Labute approximate surface area is 313 Å². The summed E-state index contributed by atoms with van der Waals surface area (Å²) < 4.78 is 0. The lowest BCUT2D eigenvalue weighted by Gasteiger charge is -2.52. The van der Waals surface area contributed by atoms with Crippen molar-refractivity contribution in [3.8, 4) is 0 Å². The van der Waals surface area contributed by atoms with Crippen molar-refractivity contribution < 1.29 is 0 Å². The summed E-state index contributed by atoms with van der Waals surface area (Å²) in [6, 6.07) is 0.793. The van der Waals surface area contributed by atoms with Crippen LogP contribution in [-0.2, 0) is 0 Å². The molecular weight excluding hydrogens is 591 g/mol. The topological polar surface area (TPSA) is 3.24 Å². The molecule has 1 nitrogen and oxygen atoms in total. The predicted molar refractivity (Wildman–Crippen MR) is 224 cm³/mol. The number of hydrogen-bond acceptors (Lipinski definition) is 1. The van der Waals surface area contributed by atoms with E-state index in [1.165, 1.54) is 70.9 Å². The van der Waals surface area contributed by atoms with Gasteiger partial charge in [0.1, 0.15) is 0 Å². The molecule has 294 valence electrons. The fourth-order valence-corrected chi connectivity index (χ4v) is 11.1. The highest BCUT2D eigenvalue weighted by Gasteiger charge is 2.58. The van der Waals surface area contributed by atoms with Crippen LogP contribution in [0.3, 0.4) is 0 Å². The van der Waals surface area contributed by atoms with Gasteiger partial charge in [0.15, 0.2) is 0 Å². The molecule has 4 aliphatic rings. The fraction of sp³-hybridized carbons (Fsp3) is 1.00. The van der Waals surface area contributed by atoms with E-state index in [9.17, 15) is 0 Å². The van der Waals surface area contributed by atoms with Gasteiger partial charge in [-0.15, -0.1) is 0 Å². The van der Waals surface area contributed by atoms with Gasteiger partial charge in [-0.05, 0) is 117 Å². The Morgan fingerprint density at radius 1 is 0.429 bits per heavy atom. The van der Waals surface area contributed by atoms with Crippen LogP contribution in [0, 0.1) is 66.0 Å². The molecule has 1 aliphatic heterocycles. The van der Waals surface area contributed by atoms with Crippen molar-refractivity contribution in [2.24, 2.45) is 66.0 Å². The summed E-state index contributed by atoms with van der Waals surface area (Å²) >= 11 is 0. The van der Waals surface area contributed by atoms with E-state index < -0.39 is 0 Å². The lowest BCUT2D eigenvalue weighted by atomic mass is 9.53. The predicted octanol–water partition coefficient (Wildman–Crippen LogP) is 15.8. The maximum atomic E-state index is 2.69. The van der Waals surface area contributed by atoms with Crippen molar-refractivity contribution >= 4 is 0 Å². The smallest absolute Gasteiger partial charge is 0.0144 e. The zero-order valence-corrected chi connectivity index (χ0v) is 39.0. The summed E-state index contributed by atoms with van der Waals surface area (Å²) in [6.45, 7) is 59.7. The van der Waals surface area contributed by atoms with Crippen LogP contribution in [-0.4, -0.2) is 24.0 Å². The van der Waals surface area contributed by atoms with Crippen molar-refractivity contribution in [3.63, 3.8) is 0 Å². The van der Waals surface area contributed by atoms with Gasteiger partial charge in [0, 0.05) is 12.6 Å². The second kappa shape index (κ2) is 15.4. The largest absolute Gasteiger partial charge is 0.299 e. The second-order valence-corrected chi connectivity index (χ2v) is 26.1. The Balaban J connectivity index is 0.000000328. The van der Waals surface area contributed by atoms with E-state index in [0.29, 0.717) is 54.1 Å². The zero-order chi connectivity index (χ0) is 39.1. The lowest BCUT2D eigenvalue weighted by Crippen LogP contribution is -2.44. The normalized spacial score (nSPS) is 26.1. The highest BCUT2D eigenvalue weighted by Crippen LogP contribution is 2.67. The van der Waals surface area contributed by atoms with E-state index in [2.05, 4.69) is 171 Å². The van der Waals surface area contributed by atoms with Gasteiger partial charge in [0.05, 0.1) is 0 Å². The molecule has 49 heavy (non-hydrogen) atoms. The Morgan fingerprint density at radius 3 is 0.939 bits per heavy atom. The summed E-state index contributed by atoms with van der Waals surface area (Å²) in [5.74, 6) is 1.95. The molecule has 1 heterocycles. The molecule has 0 spiro atoms. The first-order chi connectivity index (χ1) is 21.3. The molecule has 1 saturated heterocycles. The second-order valence-electron chi connectivity index (χ2n) is 26.1. The average Bonchev–Trinajstić information content (AvgIpc) is 3.71. The SMILES string of the molecule is CC(C)(C)C1(C(C)(C)C)CC1.CC(C)(C)C1(C(C)(C)C)CCCC1.CC(C)(C)C1CC1C(C)(C)C.CC(C)(C)CN1CCCC1C(C)(C)C. The van der Waals surface area contributed by atoms with Gasteiger partial charge in [0.25, 0.3) is 0 Å². The van der Waals surface area contributed by atoms with Crippen molar-refractivity contribution in [3.05, 3.63) is 0 Å². The van der Waals surface area contributed by atoms with Gasteiger partial charge < -0.3 is 0 Å². The van der Waals surface area contributed by atoms with E-state index in [1.54, 1.807) is 0 Å². The molecule has 0 aromatic heterocycles. The lowest BCUT2D eigenvalue weighted by molar-refractivity contribution is -0.0253. The van der Waals surface area contributed by atoms with Gasteiger partial charge in [0.2, 0.25) is 0 Å². The molecule has 3 aliphatic carbocycles. The Morgan fingerprint density at radius 2 is 0.755 bits per heavy atom. The zero-order valence-electron chi connectivity index (χ0n) is 39.0. The van der Waals surface area contributed by atoms with Gasteiger partial charge in [-0.25, -0.2) is 0 Å². The molecule has 0 aromatic carbocycles. The van der Waals surface area contributed by atoms with Gasteiger partial charge in [-0.3, -0.25) is 4.90 Å². The minimum Gasteiger partial charge on any atom is -0.299 e. The molecule has 0 amide bonds. The molecular formula is C48H97N. The van der Waals surface area contributed by atoms with Gasteiger partial charge in [-0.1, -0.05) is 179 Å². The Hall–Kier alpha value is -0.0400. The third-order valence-corrected chi connectivity index (χ3v) is 14.0. The summed E-state index contributed by atoms with van der Waals surface area (Å²) in [5.41, 5.74) is 5.06. The fourth-order valence-electron chi connectivity index (χ4n) is 11.1. The highest BCUT2D eigenvalue weighted by molar-refractivity contribution is 5.08. The minimum absolute atomic E-state index is 0.438. The van der Waals surface area contributed by atoms with E-state index in [-0.39, 0.29) is 0 Å². The standard InChI is InChI=1S/C13H27N.C13H26.2C11H22/c1-12(2,3)10-14-9-7-8-11(14)13(4,5)6;1-11(2,3)13(12(4,5)6)9-7-8-10-13;1-10(2,3)8-7-9(8)11(4,5)6;1-9(2,3)11(7-8-11)10(4,5)6/h11H,7-10H2,1-6H3;7-10H2,1-6H3;8-9H,7H2,1-6H3;7-8H2,1-6H3. The van der Waals surface area contributed by atoms with Crippen molar-refractivity contribution in [1.82, 2.24) is 4.90 Å². The molecule has 0 N–H and O–H groups in total. The van der Waals surface area contributed by atoms with Crippen molar-refractivity contribution in [2.75, 3.05) is 13.1 Å². The molecule has 1 heteroatoms. The third-order valence-electron chi connectivity index (χ3n) is 14.0. The van der Waals surface area contributed by atoms with Crippen LogP contribution >= 0.6 is 0 Å². The molecule has 3 unspecified atom stereocenters. The Bertz CT molecular complexity index is 925. The maximum absolute atomic E-state index is 2.69. The van der Waals surface area contributed by atoms with E-state index in [1.807, 2.05) is 0 Å². The van der Waals surface area contributed by atoms with E-state index in [0.717, 1.165) is 17.9 Å². The monoisotopic (exact) mass is 688 g/mol. The molecule has 0 aromatic rings. The van der Waals surface area contributed by atoms with Crippen LogP contribution in [0.2, 0.25) is 0 Å². The van der Waals surface area contributed by atoms with Gasteiger partial charge >= 0.3 is 0 Å². The summed E-state index contributed by atoms with van der Waals surface area (Å²) in [5, 5.41) is 0. The van der Waals surface area contributed by atoms with Crippen LogP contribution in [0.15, 0.2) is 0 Å². The van der Waals surface area contributed by atoms with Crippen LogP contribution in [0.5, 0.6) is 0 Å². The Kier molecular flexibility index (Phi) is 14.7. The van der Waals surface area contributed by atoms with E-state index in [4.69, 9.17) is 0 Å². The number of nitrogens with zero attached hydrogens (tertiary/aromatic N) is 1. The quantitative estimate of drug-likeness (QED) is 0.265. The third kappa shape index (κ3) is 12.8. The molecule has 4 fully saturated rings. The first-order valence-electron chi connectivity index (χ1n) is 21.1. The summed E-state index contributed by atoms with van der Waals surface area (Å²) in [6.07, 6.45) is 12.8. The van der Waals surface area contributed by atoms with Crippen LogP contribution < -0.4 is 0 Å². The molecule has 0 bridgehead atoms. The van der Waals surface area contributed by atoms with Crippen molar-refractivity contribution in [1.29, 1.82) is 0 Å². The first kappa shape index (κ1) is 47.0. The number of rotatable bonds is 1. The molecule has 4 rings (SSSR count). The average molecular weight is 688 g/mol. The van der Waals surface area contributed by atoms with Crippen molar-refractivity contribution in [2.45, 2.75) is 230 Å². The summed E-state index contributed by atoms with van der Waals surface area (Å²) in [4.78, 5) is 2.69. The molecule has 3 atom stereocenters. The first-order valence-corrected chi connectivity index (χ1v) is 21.1. The molecule has 0 radical (unpaired) electrons. The minimum atomic E-state index is 0.438. The van der Waals surface area contributed by atoms with Gasteiger partial charge in [-0.2, -0.15) is 0 Å². The van der Waals surface area contributed by atoms with Crippen LogP contribution in [0.25, 0.3) is 0 Å². The highest BCUT2D eigenvalue weighted by atomic mass is 15.2. The summed E-state index contributed by atoms with van der Waals surface area (Å²) in [7, 11) is 0.